The van der Waals surface area contributed by atoms with Crippen LogP contribution in [0, 0.1) is 0 Å². The van der Waals surface area contributed by atoms with Crippen LogP contribution in [0.2, 0.25) is 0 Å². The molecule has 0 unspecified atom stereocenters. The fourth-order valence-corrected chi connectivity index (χ4v) is 2.14. The summed E-state index contributed by atoms with van der Waals surface area (Å²) in [5, 5.41) is 0. The third-order valence-corrected chi connectivity index (χ3v) is 3.44. The van der Waals surface area contributed by atoms with E-state index in [0.29, 0.717) is 11.4 Å². The van der Waals surface area contributed by atoms with Gasteiger partial charge in [-0.1, -0.05) is 32.6 Å². The lowest BCUT2D eigenvalue weighted by Crippen LogP contribution is -1.97. The molecule has 2 rings (SSSR count). The van der Waals surface area contributed by atoms with Crippen LogP contribution in [0.25, 0.3) is 11.4 Å². The number of carbonyl (C=O) groups is 1. The van der Waals surface area contributed by atoms with Gasteiger partial charge in [-0.15, -0.1) is 0 Å². The molecule has 0 aliphatic rings. The number of hydrogen-bond donors (Lipinski definition) is 0. The Hall–Kier alpha value is -2.23. The highest BCUT2D eigenvalue weighted by atomic mass is 16.5. The van der Waals surface area contributed by atoms with Crippen LogP contribution in [0.3, 0.4) is 0 Å². The van der Waals surface area contributed by atoms with E-state index in [1.807, 2.05) is 24.3 Å². The lowest BCUT2D eigenvalue weighted by molar-refractivity contribution is 0.112. The molecule has 2 aromatic rings. The number of unbranched alkanes of at least 4 members (excludes halogenated alkanes) is 4. The van der Waals surface area contributed by atoms with Gasteiger partial charge in [0.25, 0.3) is 0 Å². The van der Waals surface area contributed by atoms with E-state index in [1.165, 1.54) is 38.1 Å². The Bertz CT molecular complexity index is 565. The minimum atomic E-state index is 0.478. The average Bonchev–Trinajstić information content (AvgIpc) is 2.59. The molecule has 0 amide bonds. The largest absolute Gasteiger partial charge is 0.494 e. The fourth-order valence-electron chi connectivity index (χ4n) is 2.14. The van der Waals surface area contributed by atoms with Crippen molar-refractivity contribution in [2.75, 3.05) is 6.61 Å². The quantitative estimate of drug-likeness (QED) is 0.511. The Morgan fingerprint density at radius 2 is 1.68 bits per heavy atom. The van der Waals surface area contributed by atoms with Gasteiger partial charge in [-0.25, -0.2) is 9.97 Å². The summed E-state index contributed by atoms with van der Waals surface area (Å²) in [4.78, 5) is 18.9. The number of aromatic nitrogens is 2. The molecule has 0 atom stereocenters. The first kappa shape index (κ1) is 16.1. The molecule has 0 saturated carbocycles. The molecule has 22 heavy (non-hydrogen) atoms. The lowest BCUT2D eigenvalue weighted by Gasteiger charge is -2.07. The summed E-state index contributed by atoms with van der Waals surface area (Å²) >= 11 is 0. The van der Waals surface area contributed by atoms with E-state index in [1.54, 1.807) is 0 Å². The van der Waals surface area contributed by atoms with Gasteiger partial charge < -0.3 is 4.74 Å². The number of carbonyl (C=O) groups excluding carboxylic acids is 1. The highest BCUT2D eigenvalue weighted by molar-refractivity contribution is 5.73. The number of nitrogens with zero attached hydrogens (tertiary/aromatic N) is 2. The molecule has 4 heteroatoms. The van der Waals surface area contributed by atoms with E-state index in [2.05, 4.69) is 16.9 Å². The van der Waals surface area contributed by atoms with Crippen LogP contribution < -0.4 is 4.74 Å². The Morgan fingerprint density at radius 1 is 1.00 bits per heavy atom. The van der Waals surface area contributed by atoms with E-state index in [-0.39, 0.29) is 0 Å². The van der Waals surface area contributed by atoms with E-state index >= 15 is 0 Å². The third kappa shape index (κ3) is 4.95. The van der Waals surface area contributed by atoms with Crippen molar-refractivity contribution in [1.82, 2.24) is 9.97 Å². The van der Waals surface area contributed by atoms with E-state index in [9.17, 15) is 4.79 Å². The van der Waals surface area contributed by atoms with Crippen molar-refractivity contribution in [3.05, 3.63) is 42.2 Å². The highest BCUT2D eigenvalue weighted by Crippen LogP contribution is 2.19. The first-order valence-corrected chi connectivity index (χ1v) is 7.84. The molecule has 0 spiro atoms. The van der Waals surface area contributed by atoms with Crippen LogP contribution in [0.5, 0.6) is 5.75 Å². The van der Waals surface area contributed by atoms with Crippen LogP contribution in [0.1, 0.15) is 49.4 Å². The summed E-state index contributed by atoms with van der Waals surface area (Å²) in [6.45, 7) is 2.97. The SMILES string of the molecule is CCCCCCCOc1ccc(-c2ncc(C=O)cn2)cc1. The van der Waals surface area contributed by atoms with Gasteiger partial charge >= 0.3 is 0 Å². The zero-order valence-corrected chi connectivity index (χ0v) is 13.0. The fraction of sp³-hybridized carbons (Fsp3) is 0.389. The summed E-state index contributed by atoms with van der Waals surface area (Å²) in [6.07, 6.45) is 9.96. The molecule has 0 aliphatic heterocycles. The molecule has 1 aromatic carbocycles. The third-order valence-electron chi connectivity index (χ3n) is 3.44. The predicted molar refractivity (Wildman–Crippen MR) is 87.1 cm³/mol. The molecular formula is C18H22N2O2. The van der Waals surface area contributed by atoms with E-state index in [0.717, 1.165) is 30.6 Å². The van der Waals surface area contributed by atoms with E-state index in [4.69, 9.17) is 4.74 Å². The maximum Gasteiger partial charge on any atom is 0.159 e. The van der Waals surface area contributed by atoms with Crippen LogP contribution in [0.15, 0.2) is 36.7 Å². The van der Waals surface area contributed by atoms with Crippen molar-refractivity contribution in [2.24, 2.45) is 0 Å². The van der Waals surface area contributed by atoms with Gasteiger partial charge in [-0.05, 0) is 30.7 Å². The first-order chi connectivity index (χ1) is 10.8. The first-order valence-electron chi connectivity index (χ1n) is 7.84. The maximum atomic E-state index is 10.6. The van der Waals surface area contributed by atoms with Gasteiger partial charge in [0, 0.05) is 18.0 Å². The van der Waals surface area contributed by atoms with Crippen molar-refractivity contribution in [1.29, 1.82) is 0 Å². The lowest BCUT2D eigenvalue weighted by atomic mass is 10.2. The molecule has 1 heterocycles. The average molecular weight is 298 g/mol. The molecule has 1 aromatic heterocycles. The number of hydrogen-bond acceptors (Lipinski definition) is 4. The molecule has 116 valence electrons. The maximum absolute atomic E-state index is 10.6. The van der Waals surface area contributed by atoms with Crippen LogP contribution in [-0.2, 0) is 0 Å². The zero-order valence-electron chi connectivity index (χ0n) is 13.0. The molecule has 0 radical (unpaired) electrons. The molecule has 0 aliphatic carbocycles. The normalized spacial score (nSPS) is 10.4. The smallest absolute Gasteiger partial charge is 0.159 e. The number of ether oxygens (including phenoxy) is 1. The Kier molecular flexibility index (Phi) is 6.55. The summed E-state index contributed by atoms with van der Waals surface area (Å²) in [6, 6.07) is 7.72. The molecular weight excluding hydrogens is 276 g/mol. The van der Waals surface area contributed by atoms with Crippen molar-refractivity contribution < 1.29 is 9.53 Å². The minimum Gasteiger partial charge on any atom is -0.494 e. The Labute approximate surface area is 131 Å². The van der Waals surface area contributed by atoms with Crippen molar-refractivity contribution >= 4 is 6.29 Å². The standard InChI is InChI=1S/C18H22N2O2/c1-2-3-4-5-6-11-22-17-9-7-16(8-10-17)18-19-12-15(14-21)13-20-18/h7-10,12-14H,2-6,11H2,1H3. The van der Waals surface area contributed by atoms with Crippen LogP contribution >= 0.6 is 0 Å². The van der Waals surface area contributed by atoms with Gasteiger partial charge in [0.05, 0.1) is 12.2 Å². The topological polar surface area (TPSA) is 52.1 Å². The second kappa shape index (κ2) is 8.93. The van der Waals surface area contributed by atoms with Crippen LogP contribution in [0.4, 0.5) is 0 Å². The monoisotopic (exact) mass is 298 g/mol. The summed E-state index contributed by atoms with van der Waals surface area (Å²) in [5.74, 6) is 1.47. The van der Waals surface area contributed by atoms with Crippen molar-refractivity contribution in [2.45, 2.75) is 39.0 Å². The van der Waals surface area contributed by atoms with E-state index < -0.39 is 0 Å². The molecule has 0 fully saturated rings. The number of rotatable bonds is 9. The second-order valence-corrected chi connectivity index (χ2v) is 5.24. The van der Waals surface area contributed by atoms with Gasteiger partial charge in [0.2, 0.25) is 0 Å². The van der Waals surface area contributed by atoms with Crippen molar-refractivity contribution in [3.63, 3.8) is 0 Å². The minimum absolute atomic E-state index is 0.478. The van der Waals surface area contributed by atoms with Gasteiger partial charge in [0.1, 0.15) is 5.75 Å². The molecule has 0 bridgehead atoms. The van der Waals surface area contributed by atoms with Gasteiger partial charge in [-0.2, -0.15) is 0 Å². The number of aldehydes is 1. The zero-order chi connectivity index (χ0) is 15.6. The molecule has 0 N–H and O–H groups in total. The Morgan fingerprint density at radius 3 is 2.32 bits per heavy atom. The highest BCUT2D eigenvalue weighted by Gasteiger charge is 2.02. The van der Waals surface area contributed by atoms with Gasteiger partial charge in [-0.3, -0.25) is 4.79 Å². The van der Waals surface area contributed by atoms with Crippen LogP contribution in [-0.4, -0.2) is 22.9 Å². The summed E-state index contributed by atoms with van der Waals surface area (Å²) in [7, 11) is 0. The van der Waals surface area contributed by atoms with Gasteiger partial charge in [0.15, 0.2) is 12.1 Å². The second-order valence-electron chi connectivity index (χ2n) is 5.24. The predicted octanol–water partition coefficient (Wildman–Crippen LogP) is 4.31. The molecule has 0 saturated heterocycles. The van der Waals surface area contributed by atoms with Crippen molar-refractivity contribution in [3.8, 4) is 17.1 Å². The molecule has 4 nitrogen and oxygen atoms in total. The number of benzene rings is 1. The summed E-state index contributed by atoms with van der Waals surface area (Å²) in [5.41, 5.74) is 1.39. The summed E-state index contributed by atoms with van der Waals surface area (Å²) < 4.78 is 5.73. The Balaban J connectivity index is 1.83.